The molecular weight excluding hydrogens is 202 g/mol. The number of carbonyl (C=O) groups is 1. The van der Waals surface area contributed by atoms with Crippen LogP contribution >= 0.6 is 0 Å². The monoisotopic (exact) mass is 225 g/mol. The summed E-state index contributed by atoms with van der Waals surface area (Å²) in [5.41, 5.74) is 5.65. The van der Waals surface area contributed by atoms with Gasteiger partial charge < -0.3 is 11.1 Å². The van der Waals surface area contributed by atoms with Crippen molar-refractivity contribution in [2.24, 2.45) is 5.73 Å². The molecule has 16 heavy (non-hydrogen) atoms. The first-order chi connectivity index (χ1) is 7.69. The van der Waals surface area contributed by atoms with Crippen molar-refractivity contribution in [3.8, 4) is 0 Å². The van der Waals surface area contributed by atoms with Crippen LogP contribution in [0.5, 0.6) is 0 Å². The van der Waals surface area contributed by atoms with Gasteiger partial charge in [0.15, 0.2) is 0 Å². The zero-order chi connectivity index (χ0) is 12.0. The van der Waals surface area contributed by atoms with Crippen LogP contribution in [0.15, 0.2) is 12.7 Å². The van der Waals surface area contributed by atoms with Crippen LogP contribution in [-0.4, -0.2) is 42.5 Å². The summed E-state index contributed by atoms with van der Waals surface area (Å²) in [5.74, 6) is -0.0771. The van der Waals surface area contributed by atoms with Crippen molar-refractivity contribution in [3.05, 3.63) is 12.7 Å². The quantitative estimate of drug-likeness (QED) is 0.591. The summed E-state index contributed by atoms with van der Waals surface area (Å²) in [6.45, 7) is 8.39. The smallest absolute Gasteiger partial charge is 0.237 e. The maximum Gasteiger partial charge on any atom is 0.237 e. The van der Waals surface area contributed by atoms with Gasteiger partial charge in [-0.1, -0.05) is 13.0 Å². The molecule has 0 aromatic carbocycles. The summed E-state index contributed by atoms with van der Waals surface area (Å²) >= 11 is 0. The van der Waals surface area contributed by atoms with Crippen molar-refractivity contribution < 1.29 is 4.79 Å². The first-order valence-corrected chi connectivity index (χ1v) is 6.07. The Morgan fingerprint density at radius 2 is 2.38 bits per heavy atom. The van der Waals surface area contributed by atoms with Crippen molar-refractivity contribution in [1.29, 1.82) is 0 Å². The van der Waals surface area contributed by atoms with Crippen molar-refractivity contribution in [3.63, 3.8) is 0 Å². The first kappa shape index (κ1) is 13.2. The second kappa shape index (κ2) is 6.66. The van der Waals surface area contributed by atoms with E-state index in [9.17, 15) is 4.79 Å². The Labute approximate surface area is 97.9 Å². The average Bonchev–Trinajstić information content (AvgIpc) is 3.08. The van der Waals surface area contributed by atoms with Crippen LogP contribution in [0.1, 0.15) is 26.2 Å². The Morgan fingerprint density at radius 1 is 1.69 bits per heavy atom. The summed E-state index contributed by atoms with van der Waals surface area (Å²) < 4.78 is 0. The van der Waals surface area contributed by atoms with Gasteiger partial charge in [-0.05, 0) is 25.8 Å². The number of hydrogen-bond acceptors (Lipinski definition) is 3. The molecule has 1 unspecified atom stereocenters. The van der Waals surface area contributed by atoms with E-state index in [1.165, 1.54) is 12.8 Å². The molecule has 1 rings (SSSR count). The SMILES string of the molecule is C=CCC(N)C(=O)NCCN(CC)C1CC1. The summed E-state index contributed by atoms with van der Waals surface area (Å²) in [5, 5.41) is 2.86. The van der Waals surface area contributed by atoms with Gasteiger partial charge in [-0.25, -0.2) is 0 Å². The van der Waals surface area contributed by atoms with Crippen molar-refractivity contribution in [1.82, 2.24) is 10.2 Å². The van der Waals surface area contributed by atoms with Gasteiger partial charge in [-0.15, -0.1) is 6.58 Å². The summed E-state index contributed by atoms with van der Waals surface area (Å²) in [6.07, 6.45) is 4.81. The maximum absolute atomic E-state index is 11.5. The highest BCUT2D eigenvalue weighted by Crippen LogP contribution is 2.25. The van der Waals surface area contributed by atoms with E-state index >= 15 is 0 Å². The second-order valence-corrected chi connectivity index (χ2v) is 4.28. The molecule has 92 valence electrons. The normalized spacial score (nSPS) is 17.2. The Morgan fingerprint density at radius 3 is 2.88 bits per heavy atom. The predicted molar refractivity (Wildman–Crippen MR) is 66.1 cm³/mol. The van der Waals surface area contributed by atoms with Crippen LogP contribution < -0.4 is 11.1 Å². The molecule has 1 fully saturated rings. The zero-order valence-corrected chi connectivity index (χ0v) is 10.1. The molecule has 4 heteroatoms. The van der Waals surface area contributed by atoms with Crippen LogP contribution in [0.25, 0.3) is 0 Å². The standard InChI is InChI=1S/C12H23N3O/c1-3-5-11(13)12(16)14-8-9-15(4-2)10-6-7-10/h3,10-11H,1,4-9,13H2,2H3,(H,14,16). The van der Waals surface area contributed by atoms with Crippen LogP contribution in [-0.2, 0) is 4.79 Å². The number of amides is 1. The lowest BCUT2D eigenvalue weighted by molar-refractivity contribution is -0.122. The van der Waals surface area contributed by atoms with Crippen LogP contribution in [0.3, 0.4) is 0 Å². The Balaban J connectivity index is 2.13. The number of nitrogens with two attached hydrogens (primary N) is 1. The summed E-state index contributed by atoms with van der Waals surface area (Å²) in [7, 11) is 0. The molecule has 0 aromatic rings. The molecule has 0 aromatic heterocycles. The number of nitrogens with zero attached hydrogens (tertiary/aromatic N) is 1. The van der Waals surface area contributed by atoms with E-state index in [4.69, 9.17) is 5.73 Å². The molecule has 1 saturated carbocycles. The number of carbonyl (C=O) groups excluding carboxylic acids is 1. The highest BCUT2D eigenvalue weighted by Gasteiger charge is 2.27. The molecule has 1 aliphatic carbocycles. The Hall–Kier alpha value is -0.870. The highest BCUT2D eigenvalue weighted by molar-refractivity contribution is 5.81. The molecule has 0 saturated heterocycles. The van der Waals surface area contributed by atoms with Crippen molar-refractivity contribution >= 4 is 5.91 Å². The van der Waals surface area contributed by atoms with E-state index in [0.717, 1.165) is 19.1 Å². The van der Waals surface area contributed by atoms with Gasteiger partial charge in [-0.2, -0.15) is 0 Å². The van der Waals surface area contributed by atoms with Gasteiger partial charge in [0.1, 0.15) is 0 Å². The Kier molecular flexibility index (Phi) is 5.49. The van der Waals surface area contributed by atoms with Crippen LogP contribution in [0.4, 0.5) is 0 Å². The predicted octanol–water partition coefficient (Wildman–Crippen LogP) is 0.490. The highest BCUT2D eigenvalue weighted by atomic mass is 16.2. The third-order valence-corrected chi connectivity index (χ3v) is 2.93. The third-order valence-electron chi connectivity index (χ3n) is 2.93. The number of rotatable bonds is 8. The molecule has 0 aliphatic heterocycles. The molecule has 1 amide bonds. The van der Waals surface area contributed by atoms with Gasteiger partial charge in [0.05, 0.1) is 6.04 Å². The molecule has 0 radical (unpaired) electrons. The minimum atomic E-state index is -0.450. The topological polar surface area (TPSA) is 58.4 Å². The Bertz CT molecular complexity index is 238. The van der Waals surface area contributed by atoms with Crippen LogP contribution in [0, 0.1) is 0 Å². The molecule has 3 N–H and O–H groups in total. The van der Waals surface area contributed by atoms with Gasteiger partial charge in [0, 0.05) is 19.1 Å². The van der Waals surface area contributed by atoms with E-state index in [1.54, 1.807) is 6.08 Å². The lowest BCUT2D eigenvalue weighted by atomic mass is 10.2. The maximum atomic E-state index is 11.5. The summed E-state index contributed by atoms with van der Waals surface area (Å²) in [6, 6.07) is 0.303. The minimum Gasteiger partial charge on any atom is -0.353 e. The lowest BCUT2D eigenvalue weighted by Crippen LogP contribution is -2.43. The van der Waals surface area contributed by atoms with Gasteiger partial charge in [0.2, 0.25) is 5.91 Å². The zero-order valence-electron chi connectivity index (χ0n) is 10.1. The van der Waals surface area contributed by atoms with E-state index in [2.05, 4.69) is 23.7 Å². The number of nitrogens with one attached hydrogen (secondary N) is 1. The average molecular weight is 225 g/mol. The molecule has 4 nitrogen and oxygen atoms in total. The first-order valence-electron chi connectivity index (χ1n) is 6.07. The summed E-state index contributed by atoms with van der Waals surface area (Å²) in [4.78, 5) is 13.9. The number of hydrogen-bond donors (Lipinski definition) is 2. The molecule has 0 spiro atoms. The minimum absolute atomic E-state index is 0.0771. The van der Waals surface area contributed by atoms with Crippen molar-refractivity contribution in [2.45, 2.75) is 38.3 Å². The third kappa shape index (κ3) is 4.33. The fourth-order valence-electron chi connectivity index (χ4n) is 1.78. The van der Waals surface area contributed by atoms with Crippen LogP contribution in [0.2, 0.25) is 0 Å². The van der Waals surface area contributed by atoms with E-state index in [0.29, 0.717) is 13.0 Å². The molecule has 1 aliphatic rings. The molecule has 0 heterocycles. The lowest BCUT2D eigenvalue weighted by Gasteiger charge is -2.20. The largest absolute Gasteiger partial charge is 0.353 e. The van der Waals surface area contributed by atoms with E-state index in [1.807, 2.05) is 0 Å². The fourth-order valence-corrected chi connectivity index (χ4v) is 1.78. The fraction of sp³-hybridized carbons (Fsp3) is 0.750. The van der Waals surface area contributed by atoms with Gasteiger partial charge >= 0.3 is 0 Å². The molecule has 0 bridgehead atoms. The van der Waals surface area contributed by atoms with E-state index < -0.39 is 6.04 Å². The molecular formula is C12H23N3O. The number of likely N-dealkylation sites (N-methyl/N-ethyl adjacent to an activating group) is 1. The molecule has 1 atom stereocenters. The second-order valence-electron chi connectivity index (χ2n) is 4.28. The van der Waals surface area contributed by atoms with Gasteiger partial charge in [-0.3, -0.25) is 9.69 Å². The van der Waals surface area contributed by atoms with E-state index in [-0.39, 0.29) is 5.91 Å². The van der Waals surface area contributed by atoms with Gasteiger partial charge in [0.25, 0.3) is 0 Å². The van der Waals surface area contributed by atoms with Crippen molar-refractivity contribution in [2.75, 3.05) is 19.6 Å².